The maximum atomic E-state index is 3.70. The molecule has 1 fully saturated rings. The minimum Gasteiger partial charge on any atom is -0.366 e. The van der Waals surface area contributed by atoms with Crippen LogP contribution in [0, 0.1) is 5.92 Å². The molecule has 0 bridgehead atoms. The summed E-state index contributed by atoms with van der Waals surface area (Å²) < 4.78 is 0. The largest absolute Gasteiger partial charge is 0.366 e. The van der Waals surface area contributed by atoms with Crippen LogP contribution in [0.5, 0.6) is 0 Å². The molecule has 2 rings (SSSR count). The standard InChI is InChI=1S/C17H28N2/c1-5-13(3)17-12-19(14(4)11-18-17)16-9-7-15(6-2)8-10-16/h7-10,13-14,17-18H,5-6,11-12H2,1-4H3. The van der Waals surface area contributed by atoms with Gasteiger partial charge in [-0.3, -0.25) is 0 Å². The molecule has 106 valence electrons. The second-order valence-corrected chi connectivity index (χ2v) is 5.92. The van der Waals surface area contributed by atoms with Crippen molar-refractivity contribution in [3.8, 4) is 0 Å². The Morgan fingerprint density at radius 2 is 1.95 bits per heavy atom. The first-order valence-corrected chi connectivity index (χ1v) is 7.74. The van der Waals surface area contributed by atoms with Gasteiger partial charge in [-0.1, -0.05) is 39.3 Å². The van der Waals surface area contributed by atoms with Crippen LogP contribution in [-0.2, 0) is 6.42 Å². The second-order valence-electron chi connectivity index (χ2n) is 5.92. The number of hydrogen-bond acceptors (Lipinski definition) is 2. The molecule has 1 aromatic carbocycles. The lowest BCUT2D eigenvalue weighted by Crippen LogP contribution is -2.57. The molecule has 2 nitrogen and oxygen atoms in total. The van der Waals surface area contributed by atoms with Gasteiger partial charge in [0.15, 0.2) is 0 Å². The normalized spacial score (nSPS) is 25.4. The lowest BCUT2D eigenvalue weighted by atomic mass is 9.95. The summed E-state index contributed by atoms with van der Waals surface area (Å²) in [6, 6.07) is 10.3. The Balaban J connectivity index is 2.11. The van der Waals surface area contributed by atoms with Gasteiger partial charge in [-0.05, 0) is 37.0 Å². The number of benzene rings is 1. The molecule has 0 aromatic heterocycles. The zero-order valence-electron chi connectivity index (χ0n) is 12.8. The van der Waals surface area contributed by atoms with Crippen LogP contribution in [0.25, 0.3) is 0 Å². The van der Waals surface area contributed by atoms with E-state index in [0.717, 1.165) is 25.4 Å². The number of rotatable bonds is 4. The monoisotopic (exact) mass is 260 g/mol. The lowest BCUT2D eigenvalue weighted by molar-refractivity contribution is 0.316. The van der Waals surface area contributed by atoms with Gasteiger partial charge in [-0.2, -0.15) is 0 Å². The molecular formula is C17H28N2. The summed E-state index contributed by atoms with van der Waals surface area (Å²) in [5.74, 6) is 0.741. The lowest BCUT2D eigenvalue weighted by Gasteiger charge is -2.42. The van der Waals surface area contributed by atoms with Gasteiger partial charge in [0, 0.05) is 30.9 Å². The number of anilines is 1. The van der Waals surface area contributed by atoms with Crippen molar-refractivity contribution in [3.05, 3.63) is 29.8 Å². The fourth-order valence-electron chi connectivity index (χ4n) is 2.84. The van der Waals surface area contributed by atoms with Crippen molar-refractivity contribution in [1.29, 1.82) is 0 Å². The van der Waals surface area contributed by atoms with E-state index in [4.69, 9.17) is 0 Å². The zero-order chi connectivity index (χ0) is 13.8. The highest BCUT2D eigenvalue weighted by atomic mass is 15.2. The molecule has 2 heteroatoms. The maximum absolute atomic E-state index is 3.70. The molecule has 0 saturated carbocycles. The third-order valence-corrected chi connectivity index (χ3v) is 4.61. The van der Waals surface area contributed by atoms with Crippen molar-refractivity contribution in [2.45, 2.75) is 52.6 Å². The van der Waals surface area contributed by atoms with Crippen molar-refractivity contribution in [2.24, 2.45) is 5.92 Å². The van der Waals surface area contributed by atoms with Gasteiger partial charge in [0.1, 0.15) is 0 Å². The summed E-state index contributed by atoms with van der Waals surface area (Å²) >= 11 is 0. The van der Waals surface area contributed by atoms with Gasteiger partial charge in [0.2, 0.25) is 0 Å². The molecule has 3 unspecified atom stereocenters. The van der Waals surface area contributed by atoms with E-state index in [1.165, 1.54) is 17.7 Å². The summed E-state index contributed by atoms with van der Waals surface area (Å²) in [7, 11) is 0. The summed E-state index contributed by atoms with van der Waals surface area (Å²) in [5, 5.41) is 3.70. The van der Waals surface area contributed by atoms with E-state index in [2.05, 4.69) is 62.2 Å². The molecule has 0 radical (unpaired) electrons. The first-order chi connectivity index (χ1) is 9.15. The SMILES string of the molecule is CCc1ccc(N2CC(C(C)CC)NCC2C)cc1. The van der Waals surface area contributed by atoms with Gasteiger partial charge < -0.3 is 10.2 Å². The molecule has 1 N–H and O–H groups in total. The van der Waals surface area contributed by atoms with Gasteiger partial charge in [-0.25, -0.2) is 0 Å². The quantitative estimate of drug-likeness (QED) is 0.892. The fourth-order valence-corrected chi connectivity index (χ4v) is 2.84. The molecule has 0 aliphatic carbocycles. The average molecular weight is 260 g/mol. The number of hydrogen-bond donors (Lipinski definition) is 1. The van der Waals surface area contributed by atoms with E-state index >= 15 is 0 Å². The first kappa shape index (κ1) is 14.4. The minimum atomic E-state index is 0.577. The Bertz CT molecular complexity index is 385. The third kappa shape index (κ3) is 3.30. The molecular weight excluding hydrogens is 232 g/mol. The van der Waals surface area contributed by atoms with E-state index in [1.807, 2.05) is 0 Å². The van der Waals surface area contributed by atoms with Crippen LogP contribution in [0.4, 0.5) is 5.69 Å². The predicted octanol–water partition coefficient (Wildman–Crippen LogP) is 3.46. The van der Waals surface area contributed by atoms with Crippen molar-refractivity contribution < 1.29 is 0 Å². The third-order valence-electron chi connectivity index (χ3n) is 4.61. The second kappa shape index (κ2) is 6.42. The smallest absolute Gasteiger partial charge is 0.0387 e. The molecule has 0 spiro atoms. The molecule has 1 aromatic rings. The molecule has 3 atom stereocenters. The summed E-state index contributed by atoms with van der Waals surface area (Å²) in [4.78, 5) is 2.56. The van der Waals surface area contributed by atoms with E-state index in [-0.39, 0.29) is 0 Å². The summed E-state index contributed by atoms with van der Waals surface area (Å²) in [5.41, 5.74) is 2.80. The van der Waals surface area contributed by atoms with E-state index < -0.39 is 0 Å². The van der Waals surface area contributed by atoms with Gasteiger partial charge >= 0.3 is 0 Å². The van der Waals surface area contributed by atoms with Crippen molar-refractivity contribution in [2.75, 3.05) is 18.0 Å². The Labute approximate surface area is 118 Å². The topological polar surface area (TPSA) is 15.3 Å². The van der Waals surface area contributed by atoms with Crippen molar-refractivity contribution in [1.82, 2.24) is 5.32 Å². The van der Waals surface area contributed by atoms with E-state index in [9.17, 15) is 0 Å². The Kier molecular flexibility index (Phi) is 4.87. The Morgan fingerprint density at radius 1 is 1.26 bits per heavy atom. The number of nitrogens with zero attached hydrogens (tertiary/aromatic N) is 1. The fraction of sp³-hybridized carbons (Fsp3) is 0.647. The molecule has 1 heterocycles. The molecule has 1 aliphatic rings. The van der Waals surface area contributed by atoms with Crippen LogP contribution in [0.3, 0.4) is 0 Å². The number of piperazine rings is 1. The highest BCUT2D eigenvalue weighted by Crippen LogP contribution is 2.23. The molecule has 19 heavy (non-hydrogen) atoms. The van der Waals surface area contributed by atoms with Gasteiger partial charge in [0.05, 0.1) is 0 Å². The van der Waals surface area contributed by atoms with Crippen molar-refractivity contribution >= 4 is 5.69 Å². The van der Waals surface area contributed by atoms with Gasteiger partial charge in [-0.15, -0.1) is 0 Å². The van der Waals surface area contributed by atoms with Crippen LogP contribution in [-0.4, -0.2) is 25.2 Å². The van der Waals surface area contributed by atoms with E-state index in [0.29, 0.717) is 12.1 Å². The molecule has 0 amide bonds. The predicted molar refractivity (Wildman–Crippen MR) is 83.9 cm³/mol. The van der Waals surface area contributed by atoms with Gasteiger partial charge in [0.25, 0.3) is 0 Å². The Morgan fingerprint density at radius 3 is 2.53 bits per heavy atom. The van der Waals surface area contributed by atoms with Crippen LogP contribution < -0.4 is 10.2 Å². The maximum Gasteiger partial charge on any atom is 0.0387 e. The average Bonchev–Trinajstić information content (AvgIpc) is 2.47. The van der Waals surface area contributed by atoms with Crippen molar-refractivity contribution in [3.63, 3.8) is 0 Å². The zero-order valence-corrected chi connectivity index (χ0v) is 12.8. The van der Waals surface area contributed by atoms with Crippen LogP contribution >= 0.6 is 0 Å². The summed E-state index contributed by atoms with van der Waals surface area (Å²) in [6.45, 7) is 11.4. The number of nitrogens with one attached hydrogen (secondary N) is 1. The molecule has 1 saturated heterocycles. The number of aryl methyl sites for hydroxylation is 1. The highest BCUT2D eigenvalue weighted by Gasteiger charge is 2.27. The highest BCUT2D eigenvalue weighted by molar-refractivity contribution is 5.49. The minimum absolute atomic E-state index is 0.577. The molecule has 1 aliphatic heterocycles. The first-order valence-electron chi connectivity index (χ1n) is 7.74. The van der Waals surface area contributed by atoms with E-state index in [1.54, 1.807) is 0 Å². The van der Waals surface area contributed by atoms with Crippen LogP contribution in [0.2, 0.25) is 0 Å². The van der Waals surface area contributed by atoms with Crippen LogP contribution in [0.1, 0.15) is 39.7 Å². The summed E-state index contributed by atoms with van der Waals surface area (Å²) in [6.07, 6.45) is 2.36. The van der Waals surface area contributed by atoms with Crippen LogP contribution in [0.15, 0.2) is 24.3 Å². The Hall–Kier alpha value is -1.02.